The molecule has 1 saturated carbocycles. The molecule has 1 aromatic heterocycles. The van der Waals surface area contributed by atoms with E-state index in [9.17, 15) is 4.79 Å². The Morgan fingerprint density at radius 2 is 2.35 bits per heavy atom. The van der Waals surface area contributed by atoms with Crippen LogP contribution in [0.3, 0.4) is 0 Å². The minimum Gasteiger partial charge on any atom is -0.345 e. The molecule has 0 saturated heterocycles. The van der Waals surface area contributed by atoms with Gasteiger partial charge in [0.15, 0.2) is 0 Å². The zero-order valence-corrected chi connectivity index (χ0v) is 14.7. The lowest BCUT2D eigenvalue weighted by molar-refractivity contribution is 0.0872. The van der Waals surface area contributed by atoms with E-state index in [4.69, 9.17) is 0 Å². The van der Waals surface area contributed by atoms with E-state index in [2.05, 4.69) is 37.8 Å². The van der Waals surface area contributed by atoms with Crippen molar-refractivity contribution in [2.45, 2.75) is 57.9 Å². The lowest BCUT2D eigenvalue weighted by Crippen LogP contribution is -2.52. The van der Waals surface area contributed by atoms with E-state index < -0.39 is 0 Å². The molecular formula is C14H22BrN3OS. The second-order valence-electron chi connectivity index (χ2n) is 6.21. The van der Waals surface area contributed by atoms with Crippen LogP contribution in [0, 0.1) is 5.92 Å². The van der Waals surface area contributed by atoms with Crippen molar-refractivity contribution in [3.63, 3.8) is 0 Å². The minimum absolute atomic E-state index is 0.0164. The normalized spacial score (nSPS) is 26.8. The highest BCUT2D eigenvalue weighted by Crippen LogP contribution is 2.34. The molecule has 1 heterocycles. The first-order valence-electron chi connectivity index (χ1n) is 7.18. The average Bonchev–Trinajstić information content (AvgIpc) is 2.88. The molecule has 4 nitrogen and oxygen atoms in total. The van der Waals surface area contributed by atoms with Crippen molar-refractivity contribution in [2.24, 2.45) is 5.92 Å². The summed E-state index contributed by atoms with van der Waals surface area (Å²) in [7, 11) is 0. The number of hydrogen-bond donors (Lipinski definition) is 1. The summed E-state index contributed by atoms with van der Waals surface area (Å²) in [6.45, 7) is 6.34. The molecule has 1 aliphatic rings. The molecule has 1 aromatic rings. The lowest BCUT2D eigenvalue weighted by Gasteiger charge is -2.39. The molecule has 2 unspecified atom stereocenters. The molecule has 0 spiro atoms. The maximum Gasteiger partial charge on any atom is 0.265 e. The largest absolute Gasteiger partial charge is 0.345 e. The number of halogens is 1. The van der Waals surface area contributed by atoms with Crippen molar-refractivity contribution < 1.29 is 4.79 Å². The summed E-state index contributed by atoms with van der Waals surface area (Å²) in [5, 5.41) is 8.15. The first-order chi connectivity index (χ1) is 9.47. The van der Waals surface area contributed by atoms with Crippen LogP contribution in [0.5, 0.6) is 0 Å². The van der Waals surface area contributed by atoms with Gasteiger partial charge in [-0.05, 0) is 36.2 Å². The van der Waals surface area contributed by atoms with Gasteiger partial charge in [-0.25, -0.2) is 0 Å². The van der Waals surface area contributed by atoms with E-state index in [0.717, 1.165) is 23.9 Å². The number of amides is 1. The standard InChI is InChI=1S/C14H22BrN3OS/c1-9(2)11-12(20-18-17-11)13(19)16-14(8-15)6-4-5-10(3)7-14/h9-10H,4-8H2,1-3H3,(H,16,19). The van der Waals surface area contributed by atoms with Crippen molar-refractivity contribution in [1.82, 2.24) is 14.9 Å². The van der Waals surface area contributed by atoms with Crippen molar-refractivity contribution >= 4 is 33.4 Å². The second-order valence-corrected chi connectivity index (χ2v) is 7.53. The third-order valence-corrected chi connectivity index (χ3v) is 5.81. The summed E-state index contributed by atoms with van der Waals surface area (Å²) in [6.07, 6.45) is 4.50. The molecular weight excluding hydrogens is 338 g/mol. The zero-order chi connectivity index (χ0) is 14.8. The SMILES string of the molecule is CC1CCCC(CBr)(NC(=O)c2snnc2C(C)C)C1. The van der Waals surface area contributed by atoms with Crippen molar-refractivity contribution in [3.8, 4) is 0 Å². The van der Waals surface area contributed by atoms with Gasteiger partial charge in [-0.1, -0.05) is 54.0 Å². The molecule has 0 aliphatic heterocycles. The smallest absolute Gasteiger partial charge is 0.265 e. The number of hydrogen-bond acceptors (Lipinski definition) is 4. The number of carbonyl (C=O) groups is 1. The first-order valence-corrected chi connectivity index (χ1v) is 9.07. The van der Waals surface area contributed by atoms with Crippen LogP contribution < -0.4 is 5.32 Å². The maximum absolute atomic E-state index is 12.6. The summed E-state index contributed by atoms with van der Waals surface area (Å²) in [5.41, 5.74) is 0.688. The van der Waals surface area contributed by atoms with Crippen LogP contribution in [0.4, 0.5) is 0 Å². The van der Waals surface area contributed by atoms with Crippen molar-refractivity contribution in [2.75, 3.05) is 5.33 Å². The predicted molar refractivity (Wildman–Crippen MR) is 85.6 cm³/mol. The van der Waals surface area contributed by atoms with E-state index in [0.29, 0.717) is 10.8 Å². The Hall–Kier alpha value is -0.490. The summed E-state index contributed by atoms with van der Waals surface area (Å²) < 4.78 is 3.94. The van der Waals surface area contributed by atoms with E-state index in [1.807, 2.05) is 13.8 Å². The quantitative estimate of drug-likeness (QED) is 0.833. The van der Waals surface area contributed by atoms with Crippen LogP contribution in [0.25, 0.3) is 0 Å². The fourth-order valence-electron chi connectivity index (χ4n) is 2.96. The Bertz CT molecular complexity index is 477. The number of alkyl halides is 1. The van der Waals surface area contributed by atoms with Gasteiger partial charge in [0, 0.05) is 5.33 Å². The Kier molecular flexibility index (Phi) is 5.18. The van der Waals surface area contributed by atoms with Gasteiger partial charge in [-0.15, -0.1) is 5.10 Å². The Labute approximate surface area is 133 Å². The van der Waals surface area contributed by atoms with E-state index in [-0.39, 0.29) is 17.4 Å². The Morgan fingerprint density at radius 3 is 2.95 bits per heavy atom. The van der Waals surface area contributed by atoms with E-state index in [1.165, 1.54) is 24.4 Å². The molecule has 2 rings (SSSR count). The van der Waals surface area contributed by atoms with E-state index >= 15 is 0 Å². The Morgan fingerprint density at radius 1 is 1.60 bits per heavy atom. The molecule has 1 fully saturated rings. The fourth-order valence-corrected chi connectivity index (χ4v) is 4.32. The van der Waals surface area contributed by atoms with Crippen LogP contribution in [0.2, 0.25) is 0 Å². The van der Waals surface area contributed by atoms with E-state index in [1.54, 1.807) is 0 Å². The first kappa shape index (κ1) is 15.9. The predicted octanol–water partition coefficient (Wildman–Crippen LogP) is 3.74. The monoisotopic (exact) mass is 359 g/mol. The minimum atomic E-state index is -0.118. The zero-order valence-electron chi connectivity index (χ0n) is 12.3. The highest BCUT2D eigenvalue weighted by Gasteiger charge is 2.36. The van der Waals surface area contributed by atoms with Gasteiger partial charge in [-0.3, -0.25) is 4.79 Å². The molecule has 0 radical (unpaired) electrons. The molecule has 0 aromatic carbocycles. The highest BCUT2D eigenvalue weighted by molar-refractivity contribution is 9.09. The number of rotatable bonds is 4. The third kappa shape index (κ3) is 3.39. The average molecular weight is 360 g/mol. The van der Waals surface area contributed by atoms with Crippen molar-refractivity contribution in [1.29, 1.82) is 0 Å². The van der Waals surface area contributed by atoms with Gasteiger partial charge in [0.2, 0.25) is 0 Å². The van der Waals surface area contributed by atoms with Gasteiger partial charge < -0.3 is 5.32 Å². The van der Waals surface area contributed by atoms with Crippen LogP contribution in [0.1, 0.15) is 67.7 Å². The number of carbonyl (C=O) groups excluding carboxylic acids is 1. The van der Waals surface area contributed by atoms with Gasteiger partial charge in [0.25, 0.3) is 5.91 Å². The molecule has 1 aliphatic carbocycles. The Balaban J connectivity index is 2.15. The van der Waals surface area contributed by atoms with Gasteiger partial charge in [-0.2, -0.15) is 0 Å². The van der Waals surface area contributed by atoms with Gasteiger partial charge >= 0.3 is 0 Å². The third-order valence-electron chi connectivity index (χ3n) is 3.99. The van der Waals surface area contributed by atoms with Crippen LogP contribution in [0.15, 0.2) is 0 Å². The number of aromatic nitrogens is 2. The molecule has 112 valence electrons. The summed E-state index contributed by atoms with van der Waals surface area (Å²) in [5.74, 6) is 0.864. The molecule has 1 N–H and O–H groups in total. The maximum atomic E-state index is 12.6. The van der Waals surface area contributed by atoms with Crippen LogP contribution in [-0.4, -0.2) is 26.4 Å². The van der Waals surface area contributed by atoms with Crippen molar-refractivity contribution in [3.05, 3.63) is 10.6 Å². The molecule has 20 heavy (non-hydrogen) atoms. The summed E-state index contributed by atoms with van der Waals surface area (Å²) in [6, 6.07) is 0. The van der Waals surface area contributed by atoms with Gasteiger partial charge in [0.05, 0.1) is 11.2 Å². The second kappa shape index (κ2) is 6.52. The summed E-state index contributed by atoms with van der Waals surface area (Å²) in [4.78, 5) is 13.2. The number of nitrogens with zero attached hydrogens (tertiary/aromatic N) is 2. The summed E-state index contributed by atoms with van der Waals surface area (Å²) >= 11 is 4.79. The van der Waals surface area contributed by atoms with Crippen LogP contribution >= 0.6 is 27.5 Å². The molecule has 2 atom stereocenters. The lowest BCUT2D eigenvalue weighted by atomic mass is 9.77. The molecule has 0 bridgehead atoms. The topological polar surface area (TPSA) is 54.9 Å². The molecule has 6 heteroatoms. The number of nitrogens with one attached hydrogen (secondary N) is 1. The molecule has 1 amide bonds. The fraction of sp³-hybridized carbons (Fsp3) is 0.786. The van der Waals surface area contributed by atoms with Crippen LogP contribution in [-0.2, 0) is 0 Å². The van der Waals surface area contributed by atoms with Gasteiger partial charge in [0.1, 0.15) is 4.88 Å². The highest BCUT2D eigenvalue weighted by atomic mass is 79.9.